The molecule has 1 aliphatic rings. The molecule has 2 heterocycles. The van der Waals surface area contributed by atoms with E-state index in [9.17, 15) is 13.2 Å². The third-order valence-electron chi connectivity index (χ3n) is 3.91. The first-order valence-electron chi connectivity index (χ1n) is 7.82. The second kappa shape index (κ2) is 7.26. The highest BCUT2D eigenvalue weighted by atomic mass is 32.2. The van der Waals surface area contributed by atoms with Crippen molar-refractivity contribution in [1.29, 1.82) is 0 Å². The number of hydrazine groups is 1. The molecule has 0 aliphatic carbocycles. The van der Waals surface area contributed by atoms with Crippen LogP contribution >= 0.6 is 0 Å². The van der Waals surface area contributed by atoms with Crippen molar-refractivity contribution in [3.8, 4) is 11.4 Å². The zero-order valence-electron chi connectivity index (χ0n) is 13.8. The van der Waals surface area contributed by atoms with Gasteiger partial charge >= 0.3 is 0 Å². The van der Waals surface area contributed by atoms with E-state index in [4.69, 9.17) is 0 Å². The molecule has 3 rings (SSSR count). The number of carbonyl (C=O) groups is 1. The summed E-state index contributed by atoms with van der Waals surface area (Å²) in [6.07, 6.45) is 4.15. The summed E-state index contributed by atoms with van der Waals surface area (Å²) in [7, 11) is -3.19. The maximum Gasteiger partial charge on any atom is 0.268 e. The minimum atomic E-state index is -3.19. The number of nitrogens with zero attached hydrogens (tertiary/aromatic N) is 4. The second-order valence-corrected chi connectivity index (χ2v) is 7.73. The number of benzene rings is 1. The second-order valence-electron chi connectivity index (χ2n) is 5.75. The summed E-state index contributed by atoms with van der Waals surface area (Å²) in [4.78, 5) is 20.7. The van der Waals surface area contributed by atoms with Gasteiger partial charge in [-0.3, -0.25) is 10.2 Å². The largest absolute Gasteiger partial charge is 0.285 e. The number of hydrogen-bond acceptors (Lipinski definition) is 6. The first-order valence-corrected chi connectivity index (χ1v) is 9.67. The third-order valence-corrected chi connectivity index (χ3v) is 5.22. The number of carbonyl (C=O) groups excluding carboxylic acids is 1. The normalized spacial score (nSPS) is 16.5. The highest BCUT2D eigenvalue weighted by molar-refractivity contribution is 7.88. The first kappa shape index (κ1) is 17.5. The Bertz CT molecular complexity index is 832. The van der Waals surface area contributed by atoms with Crippen LogP contribution in [0.15, 0.2) is 42.7 Å². The summed E-state index contributed by atoms with van der Waals surface area (Å²) in [5, 5.41) is 1.70. The highest BCUT2D eigenvalue weighted by Gasteiger charge is 2.24. The molecule has 1 fully saturated rings. The van der Waals surface area contributed by atoms with E-state index in [0.29, 0.717) is 37.6 Å². The van der Waals surface area contributed by atoms with Crippen LogP contribution in [0.2, 0.25) is 0 Å². The zero-order valence-corrected chi connectivity index (χ0v) is 14.6. The van der Waals surface area contributed by atoms with Gasteiger partial charge in [-0.05, 0) is 0 Å². The van der Waals surface area contributed by atoms with Crippen LogP contribution in [0.3, 0.4) is 0 Å². The van der Waals surface area contributed by atoms with E-state index in [1.54, 1.807) is 5.01 Å². The fraction of sp³-hybridized carbons (Fsp3) is 0.312. The fourth-order valence-corrected chi connectivity index (χ4v) is 3.35. The van der Waals surface area contributed by atoms with Gasteiger partial charge in [0.05, 0.1) is 11.8 Å². The lowest BCUT2D eigenvalue weighted by molar-refractivity contribution is 0.0716. The molecule has 1 aliphatic heterocycles. The summed E-state index contributed by atoms with van der Waals surface area (Å²) < 4.78 is 24.4. The molecule has 132 valence electrons. The van der Waals surface area contributed by atoms with Crippen molar-refractivity contribution in [2.75, 3.05) is 32.4 Å². The van der Waals surface area contributed by atoms with E-state index < -0.39 is 10.0 Å². The molecular weight excluding hydrogens is 342 g/mol. The summed E-state index contributed by atoms with van der Waals surface area (Å²) >= 11 is 0. The molecule has 1 saturated heterocycles. The molecule has 0 unspecified atom stereocenters. The van der Waals surface area contributed by atoms with Gasteiger partial charge in [-0.2, -0.15) is 4.31 Å². The van der Waals surface area contributed by atoms with E-state index in [0.717, 1.165) is 5.56 Å². The monoisotopic (exact) mass is 361 g/mol. The number of hydrogen-bond donors (Lipinski definition) is 1. The summed E-state index contributed by atoms with van der Waals surface area (Å²) in [5.74, 6) is 0.242. The lowest BCUT2D eigenvalue weighted by Crippen LogP contribution is -2.54. The lowest BCUT2D eigenvalue weighted by Gasteiger charge is -2.33. The molecule has 0 radical (unpaired) electrons. The Balaban J connectivity index is 1.59. The minimum absolute atomic E-state index is 0.313. The molecule has 0 bridgehead atoms. The van der Waals surface area contributed by atoms with Crippen LogP contribution in [-0.2, 0) is 10.0 Å². The average molecular weight is 361 g/mol. The molecule has 0 saturated carbocycles. The number of piperazine rings is 1. The van der Waals surface area contributed by atoms with Crippen LogP contribution in [0.1, 0.15) is 10.4 Å². The van der Waals surface area contributed by atoms with Gasteiger partial charge in [0, 0.05) is 44.1 Å². The van der Waals surface area contributed by atoms with Crippen LogP contribution in [0.5, 0.6) is 0 Å². The molecule has 9 heteroatoms. The van der Waals surface area contributed by atoms with E-state index in [1.807, 2.05) is 30.3 Å². The zero-order chi connectivity index (χ0) is 17.9. The van der Waals surface area contributed by atoms with Gasteiger partial charge in [0.15, 0.2) is 5.82 Å². The number of rotatable bonds is 4. The van der Waals surface area contributed by atoms with Crippen molar-refractivity contribution in [3.63, 3.8) is 0 Å². The molecule has 8 nitrogen and oxygen atoms in total. The Kier molecular flexibility index (Phi) is 5.07. The van der Waals surface area contributed by atoms with Gasteiger partial charge in [0.25, 0.3) is 5.91 Å². The Hall–Kier alpha value is -2.36. The van der Waals surface area contributed by atoms with E-state index in [-0.39, 0.29) is 5.91 Å². The maximum atomic E-state index is 12.3. The number of amides is 1. The first-order chi connectivity index (χ1) is 11.9. The predicted molar refractivity (Wildman–Crippen MR) is 92.9 cm³/mol. The highest BCUT2D eigenvalue weighted by Crippen LogP contribution is 2.13. The van der Waals surface area contributed by atoms with Crippen molar-refractivity contribution in [2.45, 2.75) is 0 Å². The molecule has 1 aromatic heterocycles. The number of aromatic nitrogens is 2. The summed E-state index contributed by atoms with van der Waals surface area (Å²) in [6, 6.07) is 9.51. The molecular formula is C16H19N5O3S. The Morgan fingerprint density at radius 3 is 2.20 bits per heavy atom. The Morgan fingerprint density at radius 2 is 1.64 bits per heavy atom. The molecule has 1 amide bonds. The standard InChI is InChI=1S/C16H19N5O3S/c1-25(23,24)21-9-7-20(8-10-21)19-16(22)14-11-17-15(18-12-14)13-5-3-2-4-6-13/h2-6,11-12H,7-10H2,1H3,(H,19,22). The Morgan fingerprint density at radius 1 is 1.04 bits per heavy atom. The lowest BCUT2D eigenvalue weighted by atomic mass is 10.2. The minimum Gasteiger partial charge on any atom is -0.285 e. The maximum absolute atomic E-state index is 12.3. The summed E-state index contributed by atoms with van der Waals surface area (Å²) in [6.45, 7) is 1.56. The topological polar surface area (TPSA) is 95.5 Å². The van der Waals surface area contributed by atoms with Gasteiger partial charge in [-0.15, -0.1) is 0 Å². The molecule has 1 aromatic carbocycles. The van der Waals surface area contributed by atoms with Crippen LogP contribution in [0, 0.1) is 0 Å². The molecule has 25 heavy (non-hydrogen) atoms. The van der Waals surface area contributed by atoms with E-state index >= 15 is 0 Å². The molecule has 2 aromatic rings. The van der Waals surface area contributed by atoms with Gasteiger partial charge in [-0.1, -0.05) is 30.3 Å². The van der Waals surface area contributed by atoms with Crippen molar-refractivity contribution in [1.82, 2.24) is 24.7 Å². The SMILES string of the molecule is CS(=O)(=O)N1CCN(NC(=O)c2cnc(-c3ccccc3)nc2)CC1. The van der Waals surface area contributed by atoms with Crippen molar-refractivity contribution in [2.24, 2.45) is 0 Å². The third kappa shape index (κ3) is 4.38. The molecule has 1 N–H and O–H groups in total. The van der Waals surface area contributed by atoms with Crippen LogP contribution < -0.4 is 5.43 Å². The molecule has 0 spiro atoms. The summed E-state index contributed by atoms with van der Waals surface area (Å²) in [5.41, 5.74) is 3.99. The van der Waals surface area contributed by atoms with Crippen molar-refractivity contribution >= 4 is 15.9 Å². The predicted octanol–water partition coefficient (Wildman–Crippen LogP) is 0.366. The van der Waals surface area contributed by atoms with Crippen LogP contribution in [0.25, 0.3) is 11.4 Å². The molecule has 0 atom stereocenters. The van der Waals surface area contributed by atoms with Crippen LogP contribution in [-0.4, -0.2) is 66.0 Å². The van der Waals surface area contributed by atoms with Gasteiger partial charge in [0.2, 0.25) is 10.0 Å². The van der Waals surface area contributed by atoms with Gasteiger partial charge < -0.3 is 0 Å². The quantitative estimate of drug-likeness (QED) is 0.845. The van der Waals surface area contributed by atoms with E-state index in [1.165, 1.54) is 23.0 Å². The van der Waals surface area contributed by atoms with Crippen molar-refractivity contribution in [3.05, 3.63) is 48.3 Å². The van der Waals surface area contributed by atoms with Crippen LogP contribution in [0.4, 0.5) is 0 Å². The number of sulfonamides is 1. The van der Waals surface area contributed by atoms with Gasteiger partial charge in [-0.25, -0.2) is 23.4 Å². The van der Waals surface area contributed by atoms with Gasteiger partial charge in [0.1, 0.15) is 0 Å². The van der Waals surface area contributed by atoms with E-state index in [2.05, 4.69) is 15.4 Å². The fourth-order valence-electron chi connectivity index (χ4n) is 2.52. The smallest absolute Gasteiger partial charge is 0.268 e. The average Bonchev–Trinajstić information content (AvgIpc) is 2.62. The van der Waals surface area contributed by atoms with Crippen molar-refractivity contribution < 1.29 is 13.2 Å². The Labute approximate surface area is 146 Å². The number of nitrogens with one attached hydrogen (secondary N) is 1.